The standard InChI is InChI=1S/C26H31N3O4/c1-32-22-9-4-5-10-23(22)33-14-6-13-27-24(30)20-15-18-12-11-17(20)16-26(18)28-21-8-3-2-7-19(21)25(31)29-26/h2-5,7-10,17-18,20,28H,6,11-16H2,1H3,(H,27,30)(H,29,31)/t17-,18+,20-,26+/m0/s1. The zero-order valence-electron chi connectivity index (χ0n) is 18.9. The zero-order chi connectivity index (χ0) is 22.8. The molecule has 2 aromatic carbocycles. The molecule has 3 saturated carbocycles. The van der Waals surface area contributed by atoms with Gasteiger partial charge in [0.2, 0.25) is 5.91 Å². The normalized spacial score (nSPS) is 27.3. The van der Waals surface area contributed by atoms with Crippen molar-refractivity contribution < 1.29 is 19.1 Å². The maximum absolute atomic E-state index is 13.0. The van der Waals surface area contributed by atoms with Gasteiger partial charge in [-0.1, -0.05) is 24.3 Å². The van der Waals surface area contributed by atoms with Crippen LogP contribution in [0.4, 0.5) is 5.69 Å². The minimum Gasteiger partial charge on any atom is -0.493 e. The molecule has 6 rings (SSSR count). The number of methoxy groups -OCH3 is 1. The summed E-state index contributed by atoms with van der Waals surface area (Å²) in [6.07, 6.45) is 4.36. The topological polar surface area (TPSA) is 88.7 Å². The first-order valence-corrected chi connectivity index (χ1v) is 11.8. The van der Waals surface area contributed by atoms with Crippen LogP contribution >= 0.6 is 0 Å². The van der Waals surface area contributed by atoms with E-state index < -0.39 is 5.66 Å². The zero-order valence-corrected chi connectivity index (χ0v) is 18.9. The van der Waals surface area contributed by atoms with Gasteiger partial charge in [0.25, 0.3) is 5.91 Å². The van der Waals surface area contributed by atoms with Gasteiger partial charge in [0.05, 0.1) is 19.3 Å². The molecule has 4 aliphatic rings. The molecule has 174 valence electrons. The summed E-state index contributed by atoms with van der Waals surface area (Å²) in [5.74, 6) is 2.03. The summed E-state index contributed by atoms with van der Waals surface area (Å²) >= 11 is 0. The second kappa shape index (κ2) is 8.96. The first-order chi connectivity index (χ1) is 16.1. The van der Waals surface area contributed by atoms with E-state index in [1.54, 1.807) is 7.11 Å². The van der Waals surface area contributed by atoms with Crippen LogP contribution in [0.1, 0.15) is 42.5 Å². The van der Waals surface area contributed by atoms with E-state index in [0.717, 1.165) is 37.8 Å². The number of amides is 2. The summed E-state index contributed by atoms with van der Waals surface area (Å²) in [5.41, 5.74) is 1.15. The molecule has 3 N–H and O–H groups in total. The number of ether oxygens (including phenoxy) is 2. The van der Waals surface area contributed by atoms with Crippen molar-refractivity contribution in [1.29, 1.82) is 0 Å². The number of benzene rings is 2. The lowest BCUT2D eigenvalue weighted by Gasteiger charge is -2.56. The Morgan fingerprint density at radius 3 is 2.67 bits per heavy atom. The summed E-state index contributed by atoms with van der Waals surface area (Å²) in [5, 5.41) is 9.99. The molecule has 33 heavy (non-hydrogen) atoms. The molecule has 1 aliphatic heterocycles. The van der Waals surface area contributed by atoms with Crippen LogP contribution in [0.3, 0.4) is 0 Å². The maximum atomic E-state index is 13.0. The summed E-state index contributed by atoms with van der Waals surface area (Å²) in [6.45, 7) is 1.09. The lowest BCUT2D eigenvalue weighted by molar-refractivity contribution is -0.132. The highest BCUT2D eigenvalue weighted by atomic mass is 16.5. The molecule has 7 heteroatoms. The molecule has 3 aliphatic carbocycles. The highest BCUT2D eigenvalue weighted by molar-refractivity contribution is 6.02. The van der Waals surface area contributed by atoms with Gasteiger partial charge in [0.1, 0.15) is 5.66 Å². The van der Waals surface area contributed by atoms with Crippen LogP contribution in [0.5, 0.6) is 11.5 Å². The average molecular weight is 450 g/mol. The molecular formula is C26H31N3O4. The van der Waals surface area contributed by atoms with Crippen LogP contribution in [0, 0.1) is 17.8 Å². The fraction of sp³-hybridized carbons (Fsp3) is 0.462. The molecule has 2 bridgehead atoms. The van der Waals surface area contributed by atoms with Crippen LogP contribution in [-0.2, 0) is 4.79 Å². The summed E-state index contributed by atoms with van der Waals surface area (Å²) in [6, 6.07) is 15.2. The predicted molar refractivity (Wildman–Crippen MR) is 125 cm³/mol. The molecule has 0 radical (unpaired) electrons. The van der Waals surface area contributed by atoms with Crippen molar-refractivity contribution in [3.05, 3.63) is 54.1 Å². The van der Waals surface area contributed by atoms with Crippen molar-refractivity contribution >= 4 is 17.5 Å². The molecule has 0 aromatic heterocycles. The van der Waals surface area contributed by atoms with Gasteiger partial charge >= 0.3 is 0 Å². The Hall–Kier alpha value is -3.22. The van der Waals surface area contributed by atoms with E-state index in [1.165, 1.54) is 0 Å². The smallest absolute Gasteiger partial charge is 0.255 e. The van der Waals surface area contributed by atoms with E-state index >= 15 is 0 Å². The number of hydrogen-bond donors (Lipinski definition) is 3. The van der Waals surface area contributed by atoms with Crippen molar-refractivity contribution in [1.82, 2.24) is 10.6 Å². The Balaban J connectivity index is 1.14. The first kappa shape index (κ1) is 21.6. The largest absolute Gasteiger partial charge is 0.493 e. The Kier molecular flexibility index (Phi) is 5.87. The van der Waals surface area contributed by atoms with Gasteiger partial charge in [0.15, 0.2) is 11.5 Å². The van der Waals surface area contributed by atoms with Crippen LogP contribution in [-0.4, -0.2) is 37.7 Å². The lowest BCUT2D eigenvalue weighted by atomic mass is 9.58. The van der Waals surface area contributed by atoms with Crippen LogP contribution in [0.15, 0.2) is 48.5 Å². The molecule has 2 amide bonds. The number of carbonyl (C=O) groups is 2. The maximum Gasteiger partial charge on any atom is 0.255 e. The van der Waals surface area contributed by atoms with Gasteiger partial charge in [0, 0.05) is 24.1 Å². The molecule has 7 nitrogen and oxygen atoms in total. The third-order valence-corrected chi connectivity index (χ3v) is 7.42. The summed E-state index contributed by atoms with van der Waals surface area (Å²) < 4.78 is 11.1. The van der Waals surface area contributed by atoms with E-state index in [0.29, 0.717) is 30.2 Å². The Labute approximate surface area is 194 Å². The molecule has 3 fully saturated rings. The quantitative estimate of drug-likeness (QED) is 0.563. The third-order valence-electron chi connectivity index (χ3n) is 7.42. The highest BCUT2D eigenvalue weighted by Gasteiger charge is 2.55. The summed E-state index contributed by atoms with van der Waals surface area (Å²) in [4.78, 5) is 25.7. The molecule has 4 atom stereocenters. The average Bonchev–Trinajstić information content (AvgIpc) is 2.84. The number of hydrogen-bond acceptors (Lipinski definition) is 5. The monoisotopic (exact) mass is 449 g/mol. The SMILES string of the molecule is COc1ccccc1OCCCNC(=O)[C@H]1C[C@H]2CC[C@H]1C[C@@]21NC(=O)c2ccccc2N1. The minimum absolute atomic E-state index is 0.000355. The van der Waals surface area contributed by atoms with Gasteiger partial charge in [-0.25, -0.2) is 0 Å². The van der Waals surface area contributed by atoms with Crippen molar-refractivity contribution in [2.75, 3.05) is 25.6 Å². The molecule has 2 aromatic rings. The fourth-order valence-corrected chi connectivity index (χ4v) is 5.80. The first-order valence-electron chi connectivity index (χ1n) is 11.8. The van der Waals surface area contributed by atoms with Crippen LogP contribution in [0.25, 0.3) is 0 Å². The fourth-order valence-electron chi connectivity index (χ4n) is 5.80. The third kappa shape index (κ3) is 4.12. The van der Waals surface area contributed by atoms with E-state index in [-0.39, 0.29) is 29.6 Å². The van der Waals surface area contributed by atoms with Gasteiger partial charge in [-0.3, -0.25) is 9.59 Å². The number of fused-ring (bicyclic) bond motifs is 3. The van der Waals surface area contributed by atoms with Gasteiger partial charge in [-0.2, -0.15) is 0 Å². The highest BCUT2D eigenvalue weighted by Crippen LogP contribution is 2.51. The van der Waals surface area contributed by atoms with E-state index in [9.17, 15) is 9.59 Å². The summed E-state index contributed by atoms with van der Waals surface area (Å²) in [7, 11) is 1.62. The molecule has 0 saturated heterocycles. The van der Waals surface area contributed by atoms with Crippen molar-refractivity contribution in [3.63, 3.8) is 0 Å². The Morgan fingerprint density at radius 2 is 1.88 bits per heavy atom. The minimum atomic E-state index is -0.437. The number of nitrogens with one attached hydrogen (secondary N) is 3. The number of rotatable bonds is 7. The predicted octanol–water partition coefficient (Wildman–Crippen LogP) is 3.57. The number of para-hydroxylation sites is 3. The second-order valence-corrected chi connectivity index (χ2v) is 9.32. The number of carbonyl (C=O) groups excluding carboxylic acids is 2. The van der Waals surface area contributed by atoms with Gasteiger partial charge < -0.3 is 25.4 Å². The molecule has 1 spiro atoms. The van der Waals surface area contributed by atoms with Gasteiger partial charge in [-0.15, -0.1) is 0 Å². The Morgan fingerprint density at radius 1 is 1.09 bits per heavy atom. The second-order valence-electron chi connectivity index (χ2n) is 9.32. The van der Waals surface area contributed by atoms with E-state index in [1.807, 2.05) is 48.5 Å². The molecule has 1 heterocycles. The lowest BCUT2D eigenvalue weighted by Crippen LogP contribution is -2.68. The van der Waals surface area contributed by atoms with Crippen molar-refractivity contribution in [2.45, 2.75) is 37.8 Å². The van der Waals surface area contributed by atoms with Gasteiger partial charge in [-0.05, 0) is 62.3 Å². The van der Waals surface area contributed by atoms with Crippen LogP contribution < -0.4 is 25.4 Å². The van der Waals surface area contributed by atoms with Crippen LogP contribution in [0.2, 0.25) is 0 Å². The molecule has 0 unspecified atom stereocenters. The van der Waals surface area contributed by atoms with E-state index in [2.05, 4.69) is 16.0 Å². The van der Waals surface area contributed by atoms with Crippen molar-refractivity contribution in [2.24, 2.45) is 17.8 Å². The molecular weight excluding hydrogens is 418 g/mol. The van der Waals surface area contributed by atoms with E-state index in [4.69, 9.17) is 9.47 Å². The Bertz CT molecular complexity index is 1040. The number of anilines is 1. The van der Waals surface area contributed by atoms with Crippen molar-refractivity contribution in [3.8, 4) is 11.5 Å².